The van der Waals surface area contributed by atoms with Gasteiger partial charge in [0.1, 0.15) is 0 Å². The number of nitrogens with one attached hydrogen (secondary N) is 2. The summed E-state index contributed by atoms with van der Waals surface area (Å²) in [6, 6.07) is 6.69. The van der Waals surface area contributed by atoms with Crippen molar-refractivity contribution < 1.29 is 9.59 Å². The van der Waals surface area contributed by atoms with E-state index in [0.29, 0.717) is 34.5 Å². The monoisotopic (exact) mass is 405 g/mol. The first-order valence-electron chi connectivity index (χ1n) is 9.38. The Morgan fingerprint density at radius 2 is 1.89 bits per heavy atom. The number of carbonyl (C=O) groups is 2. The van der Waals surface area contributed by atoms with Gasteiger partial charge in [-0.1, -0.05) is 30.9 Å². The number of carbonyl (C=O) groups excluding carboxylic acids is 2. The van der Waals surface area contributed by atoms with Crippen molar-refractivity contribution in [2.45, 2.75) is 44.9 Å². The molecule has 1 aromatic carbocycles. The number of hydrogen-bond acceptors (Lipinski definition) is 4. The van der Waals surface area contributed by atoms with Gasteiger partial charge in [-0.05, 0) is 49.4 Å². The molecule has 0 aliphatic heterocycles. The SMILES string of the molecule is O=C(CCc1csc(NC(=O)c2ccc(Cl)cc2)n1)NCC1CCCCC1. The van der Waals surface area contributed by atoms with Gasteiger partial charge in [-0.25, -0.2) is 4.98 Å². The van der Waals surface area contributed by atoms with Crippen LogP contribution in [0.1, 0.15) is 54.6 Å². The van der Waals surface area contributed by atoms with Crippen molar-refractivity contribution >= 4 is 39.9 Å². The minimum absolute atomic E-state index is 0.0697. The van der Waals surface area contributed by atoms with Crippen LogP contribution in [0.3, 0.4) is 0 Å². The molecule has 144 valence electrons. The van der Waals surface area contributed by atoms with Crippen molar-refractivity contribution in [1.29, 1.82) is 0 Å². The van der Waals surface area contributed by atoms with Crippen LogP contribution in [-0.2, 0) is 11.2 Å². The second-order valence-electron chi connectivity index (χ2n) is 6.91. The summed E-state index contributed by atoms with van der Waals surface area (Å²) in [7, 11) is 0. The van der Waals surface area contributed by atoms with Crippen LogP contribution in [0.25, 0.3) is 0 Å². The number of hydrogen-bond donors (Lipinski definition) is 2. The lowest BCUT2D eigenvalue weighted by molar-refractivity contribution is -0.121. The van der Waals surface area contributed by atoms with E-state index in [4.69, 9.17) is 11.6 Å². The molecule has 1 saturated carbocycles. The standard InChI is InChI=1S/C20H24ClN3O2S/c21-16-8-6-15(7-9-16)19(26)24-20-23-17(13-27-20)10-11-18(25)22-12-14-4-2-1-3-5-14/h6-9,13-14H,1-5,10-12H2,(H,22,25)(H,23,24,26). The van der Waals surface area contributed by atoms with Gasteiger partial charge in [-0.3, -0.25) is 14.9 Å². The molecule has 1 aliphatic carbocycles. The van der Waals surface area contributed by atoms with Crippen LogP contribution in [0, 0.1) is 5.92 Å². The van der Waals surface area contributed by atoms with Gasteiger partial charge < -0.3 is 5.32 Å². The van der Waals surface area contributed by atoms with E-state index >= 15 is 0 Å². The summed E-state index contributed by atoms with van der Waals surface area (Å²) in [6.07, 6.45) is 7.33. The molecule has 5 nitrogen and oxygen atoms in total. The summed E-state index contributed by atoms with van der Waals surface area (Å²) in [4.78, 5) is 28.6. The van der Waals surface area contributed by atoms with Crippen LogP contribution in [-0.4, -0.2) is 23.3 Å². The Labute approximate surface area is 168 Å². The van der Waals surface area contributed by atoms with Gasteiger partial charge in [0.25, 0.3) is 5.91 Å². The predicted molar refractivity (Wildman–Crippen MR) is 109 cm³/mol. The molecule has 2 N–H and O–H groups in total. The lowest BCUT2D eigenvalue weighted by Crippen LogP contribution is -2.30. The van der Waals surface area contributed by atoms with E-state index in [0.717, 1.165) is 12.2 Å². The highest BCUT2D eigenvalue weighted by Crippen LogP contribution is 2.23. The molecule has 0 atom stereocenters. The largest absolute Gasteiger partial charge is 0.356 e. The first-order chi connectivity index (χ1) is 13.1. The van der Waals surface area contributed by atoms with Gasteiger partial charge in [-0.2, -0.15) is 0 Å². The van der Waals surface area contributed by atoms with Crippen LogP contribution >= 0.6 is 22.9 Å². The second-order valence-corrected chi connectivity index (χ2v) is 8.21. The van der Waals surface area contributed by atoms with Gasteiger partial charge in [-0.15, -0.1) is 11.3 Å². The molecular weight excluding hydrogens is 382 g/mol. The smallest absolute Gasteiger partial charge is 0.257 e. The average Bonchev–Trinajstić information content (AvgIpc) is 3.13. The number of anilines is 1. The molecule has 1 aliphatic rings. The van der Waals surface area contributed by atoms with E-state index in [2.05, 4.69) is 15.6 Å². The van der Waals surface area contributed by atoms with E-state index < -0.39 is 0 Å². The van der Waals surface area contributed by atoms with Gasteiger partial charge in [0.2, 0.25) is 5.91 Å². The first kappa shape index (κ1) is 19.8. The fraction of sp³-hybridized carbons (Fsp3) is 0.450. The minimum atomic E-state index is -0.224. The van der Waals surface area contributed by atoms with E-state index in [1.807, 2.05) is 5.38 Å². The van der Waals surface area contributed by atoms with E-state index in [-0.39, 0.29) is 11.8 Å². The molecule has 27 heavy (non-hydrogen) atoms. The van der Waals surface area contributed by atoms with Crippen molar-refractivity contribution in [2.75, 3.05) is 11.9 Å². The van der Waals surface area contributed by atoms with Crippen molar-refractivity contribution in [2.24, 2.45) is 5.92 Å². The van der Waals surface area contributed by atoms with Crippen molar-refractivity contribution in [3.63, 3.8) is 0 Å². The molecule has 0 radical (unpaired) electrons. The van der Waals surface area contributed by atoms with Gasteiger partial charge in [0.15, 0.2) is 5.13 Å². The Morgan fingerprint density at radius 3 is 2.63 bits per heavy atom. The van der Waals surface area contributed by atoms with Crippen molar-refractivity contribution in [3.05, 3.63) is 45.9 Å². The third kappa shape index (κ3) is 6.33. The molecule has 7 heteroatoms. The van der Waals surface area contributed by atoms with Crippen LogP contribution in [0.4, 0.5) is 5.13 Å². The summed E-state index contributed by atoms with van der Waals surface area (Å²) in [6.45, 7) is 0.790. The lowest BCUT2D eigenvalue weighted by Gasteiger charge is -2.21. The number of aryl methyl sites for hydroxylation is 1. The molecule has 1 aromatic heterocycles. The molecule has 0 unspecified atom stereocenters. The molecule has 0 spiro atoms. The Bertz CT molecular complexity index is 770. The van der Waals surface area contributed by atoms with Crippen molar-refractivity contribution in [1.82, 2.24) is 10.3 Å². The maximum Gasteiger partial charge on any atom is 0.257 e. The zero-order valence-corrected chi connectivity index (χ0v) is 16.7. The second kappa shape index (κ2) is 9.85. The Kier molecular flexibility index (Phi) is 7.24. The minimum Gasteiger partial charge on any atom is -0.356 e. The number of benzene rings is 1. The molecule has 1 heterocycles. The average molecular weight is 406 g/mol. The molecular formula is C20H24ClN3O2S. The first-order valence-corrected chi connectivity index (χ1v) is 10.6. The quantitative estimate of drug-likeness (QED) is 0.702. The Morgan fingerprint density at radius 1 is 1.15 bits per heavy atom. The summed E-state index contributed by atoms with van der Waals surface area (Å²) in [5.74, 6) is 0.481. The van der Waals surface area contributed by atoms with E-state index in [1.165, 1.54) is 43.4 Å². The Hall–Kier alpha value is -1.92. The zero-order valence-electron chi connectivity index (χ0n) is 15.2. The maximum absolute atomic E-state index is 12.2. The Balaban J connectivity index is 1.41. The van der Waals surface area contributed by atoms with Crippen LogP contribution in [0.15, 0.2) is 29.6 Å². The van der Waals surface area contributed by atoms with Crippen molar-refractivity contribution in [3.8, 4) is 0 Å². The maximum atomic E-state index is 12.2. The number of halogens is 1. The molecule has 2 aromatic rings. The van der Waals surface area contributed by atoms with Gasteiger partial charge in [0, 0.05) is 28.9 Å². The van der Waals surface area contributed by atoms with Crippen LogP contribution in [0.2, 0.25) is 5.02 Å². The number of thiazole rings is 1. The predicted octanol–water partition coefficient (Wildman–Crippen LogP) is 4.68. The summed E-state index contributed by atoms with van der Waals surface area (Å²) < 4.78 is 0. The number of amides is 2. The fourth-order valence-corrected chi connectivity index (χ4v) is 4.09. The summed E-state index contributed by atoms with van der Waals surface area (Å²) >= 11 is 7.19. The zero-order chi connectivity index (χ0) is 19.1. The number of rotatable bonds is 7. The molecule has 0 bridgehead atoms. The molecule has 1 fully saturated rings. The number of aromatic nitrogens is 1. The summed E-state index contributed by atoms with van der Waals surface area (Å²) in [5.41, 5.74) is 1.34. The van der Waals surface area contributed by atoms with E-state index in [1.54, 1.807) is 24.3 Å². The lowest BCUT2D eigenvalue weighted by atomic mass is 9.89. The normalized spacial score (nSPS) is 14.7. The highest BCUT2D eigenvalue weighted by molar-refractivity contribution is 7.14. The van der Waals surface area contributed by atoms with Crippen LogP contribution < -0.4 is 10.6 Å². The third-order valence-corrected chi connectivity index (χ3v) is 5.86. The number of nitrogens with zero attached hydrogens (tertiary/aromatic N) is 1. The van der Waals surface area contributed by atoms with Gasteiger partial charge >= 0.3 is 0 Å². The third-order valence-electron chi connectivity index (χ3n) is 4.80. The fourth-order valence-electron chi connectivity index (χ4n) is 3.23. The van der Waals surface area contributed by atoms with E-state index in [9.17, 15) is 9.59 Å². The highest BCUT2D eigenvalue weighted by Gasteiger charge is 2.15. The van der Waals surface area contributed by atoms with Crippen LogP contribution in [0.5, 0.6) is 0 Å². The summed E-state index contributed by atoms with van der Waals surface area (Å²) in [5, 5.41) is 8.83. The molecule has 3 rings (SSSR count). The highest BCUT2D eigenvalue weighted by atomic mass is 35.5. The topological polar surface area (TPSA) is 71.1 Å². The molecule has 0 saturated heterocycles. The molecule has 2 amide bonds. The van der Waals surface area contributed by atoms with Gasteiger partial charge in [0.05, 0.1) is 5.69 Å².